The Hall–Kier alpha value is 0.250. The Bertz CT molecular complexity index is 145. The van der Waals surface area contributed by atoms with Crippen LogP contribution in [0.1, 0.15) is 39.5 Å². The quantitative estimate of drug-likeness (QED) is 0.456. The minimum absolute atomic E-state index is 0.343. The molecule has 0 spiro atoms. The van der Waals surface area contributed by atoms with Crippen molar-refractivity contribution in [3.05, 3.63) is 0 Å². The van der Waals surface area contributed by atoms with Gasteiger partial charge < -0.3 is 4.74 Å². The Morgan fingerprint density at radius 1 is 1.38 bits per heavy atom. The predicted octanol–water partition coefficient (Wildman–Crippen LogP) is 3.46. The third kappa shape index (κ3) is 3.47. The molecule has 0 aromatic heterocycles. The summed E-state index contributed by atoms with van der Waals surface area (Å²) < 4.78 is 5.50. The SMILES string of the molecule is CCCOCCC(C)(CCl)C1CC1. The average molecular weight is 205 g/mol. The molecule has 0 amide bonds. The molecule has 0 saturated heterocycles. The summed E-state index contributed by atoms with van der Waals surface area (Å²) in [6.45, 7) is 6.21. The van der Waals surface area contributed by atoms with Crippen LogP contribution in [-0.2, 0) is 4.74 Å². The monoisotopic (exact) mass is 204 g/mol. The van der Waals surface area contributed by atoms with Crippen molar-refractivity contribution in [1.29, 1.82) is 0 Å². The van der Waals surface area contributed by atoms with E-state index in [0.29, 0.717) is 5.41 Å². The van der Waals surface area contributed by atoms with Crippen molar-refractivity contribution in [2.45, 2.75) is 39.5 Å². The molecule has 1 nitrogen and oxygen atoms in total. The molecule has 1 atom stereocenters. The third-order valence-electron chi connectivity index (χ3n) is 3.03. The smallest absolute Gasteiger partial charge is 0.0471 e. The van der Waals surface area contributed by atoms with Gasteiger partial charge in [0, 0.05) is 19.1 Å². The van der Waals surface area contributed by atoms with Crippen LogP contribution < -0.4 is 0 Å². The molecule has 1 rings (SSSR count). The van der Waals surface area contributed by atoms with E-state index in [1.807, 2.05) is 0 Å². The average Bonchev–Trinajstić information content (AvgIpc) is 2.95. The van der Waals surface area contributed by atoms with Gasteiger partial charge in [-0.25, -0.2) is 0 Å². The number of alkyl halides is 1. The molecule has 13 heavy (non-hydrogen) atoms. The summed E-state index contributed by atoms with van der Waals surface area (Å²) in [6, 6.07) is 0. The molecule has 0 N–H and O–H groups in total. The van der Waals surface area contributed by atoms with Crippen LogP contribution in [0.2, 0.25) is 0 Å². The van der Waals surface area contributed by atoms with Crippen molar-refractivity contribution in [3.8, 4) is 0 Å². The largest absolute Gasteiger partial charge is 0.381 e. The van der Waals surface area contributed by atoms with E-state index in [1.165, 1.54) is 12.8 Å². The highest BCUT2D eigenvalue weighted by Gasteiger charge is 2.40. The third-order valence-corrected chi connectivity index (χ3v) is 3.64. The summed E-state index contributed by atoms with van der Waals surface area (Å²) in [4.78, 5) is 0. The summed E-state index contributed by atoms with van der Waals surface area (Å²) in [6.07, 6.45) is 4.98. The summed E-state index contributed by atoms with van der Waals surface area (Å²) in [7, 11) is 0. The predicted molar refractivity (Wildman–Crippen MR) is 57.3 cm³/mol. The van der Waals surface area contributed by atoms with Gasteiger partial charge in [0.2, 0.25) is 0 Å². The van der Waals surface area contributed by atoms with E-state index in [-0.39, 0.29) is 0 Å². The van der Waals surface area contributed by atoms with Crippen molar-refractivity contribution in [2.75, 3.05) is 19.1 Å². The molecule has 1 unspecified atom stereocenters. The summed E-state index contributed by atoms with van der Waals surface area (Å²) >= 11 is 6.00. The van der Waals surface area contributed by atoms with Gasteiger partial charge in [-0.15, -0.1) is 11.6 Å². The van der Waals surface area contributed by atoms with Crippen LogP contribution in [0.5, 0.6) is 0 Å². The van der Waals surface area contributed by atoms with Crippen molar-refractivity contribution in [3.63, 3.8) is 0 Å². The van der Waals surface area contributed by atoms with Crippen molar-refractivity contribution < 1.29 is 4.74 Å². The lowest BCUT2D eigenvalue weighted by molar-refractivity contribution is 0.0986. The summed E-state index contributed by atoms with van der Waals surface area (Å²) in [5.74, 6) is 1.66. The first-order valence-electron chi connectivity index (χ1n) is 5.36. The number of rotatable bonds is 7. The number of halogens is 1. The van der Waals surface area contributed by atoms with Crippen molar-refractivity contribution >= 4 is 11.6 Å². The van der Waals surface area contributed by atoms with Gasteiger partial charge in [-0.2, -0.15) is 0 Å². The second kappa shape index (κ2) is 5.21. The van der Waals surface area contributed by atoms with Gasteiger partial charge in [-0.05, 0) is 37.0 Å². The number of hydrogen-bond acceptors (Lipinski definition) is 1. The van der Waals surface area contributed by atoms with Crippen LogP contribution in [0.3, 0.4) is 0 Å². The first kappa shape index (κ1) is 11.3. The Morgan fingerprint density at radius 3 is 2.54 bits per heavy atom. The van der Waals surface area contributed by atoms with E-state index in [9.17, 15) is 0 Å². The van der Waals surface area contributed by atoms with Crippen LogP contribution >= 0.6 is 11.6 Å². The molecule has 1 fully saturated rings. The Morgan fingerprint density at radius 2 is 2.08 bits per heavy atom. The Kier molecular flexibility index (Phi) is 4.54. The van der Waals surface area contributed by atoms with Crippen molar-refractivity contribution in [2.24, 2.45) is 11.3 Å². The van der Waals surface area contributed by atoms with Crippen LogP contribution in [-0.4, -0.2) is 19.1 Å². The molecule has 2 heteroatoms. The maximum atomic E-state index is 6.00. The molecule has 0 radical (unpaired) electrons. The first-order chi connectivity index (χ1) is 6.23. The fourth-order valence-electron chi connectivity index (χ4n) is 1.71. The fourth-order valence-corrected chi connectivity index (χ4v) is 2.06. The highest BCUT2D eigenvalue weighted by molar-refractivity contribution is 6.18. The highest BCUT2D eigenvalue weighted by atomic mass is 35.5. The van der Waals surface area contributed by atoms with Gasteiger partial charge in [0.1, 0.15) is 0 Å². The zero-order valence-electron chi connectivity index (χ0n) is 8.81. The van der Waals surface area contributed by atoms with E-state index < -0.39 is 0 Å². The standard InChI is InChI=1S/C11H21ClO/c1-3-7-13-8-6-11(2,9-12)10-4-5-10/h10H,3-9H2,1-2H3. The zero-order valence-corrected chi connectivity index (χ0v) is 9.57. The second-order valence-electron chi connectivity index (χ2n) is 4.42. The van der Waals surface area contributed by atoms with Gasteiger partial charge in [0.15, 0.2) is 0 Å². The number of hydrogen-bond donors (Lipinski definition) is 0. The van der Waals surface area contributed by atoms with E-state index in [2.05, 4.69) is 13.8 Å². The van der Waals surface area contributed by atoms with Gasteiger partial charge in [0.05, 0.1) is 0 Å². The van der Waals surface area contributed by atoms with E-state index in [0.717, 1.165) is 37.9 Å². The van der Waals surface area contributed by atoms with E-state index in [4.69, 9.17) is 16.3 Å². The van der Waals surface area contributed by atoms with E-state index >= 15 is 0 Å². The van der Waals surface area contributed by atoms with Gasteiger partial charge >= 0.3 is 0 Å². The molecule has 1 aliphatic carbocycles. The molecule has 0 aromatic rings. The van der Waals surface area contributed by atoms with E-state index in [1.54, 1.807) is 0 Å². The minimum atomic E-state index is 0.343. The maximum Gasteiger partial charge on any atom is 0.0471 e. The molecular formula is C11H21ClO. The van der Waals surface area contributed by atoms with Gasteiger partial charge in [0.25, 0.3) is 0 Å². The minimum Gasteiger partial charge on any atom is -0.381 e. The molecular weight excluding hydrogens is 184 g/mol. The Balaban J connectivity index is 2.15. The highest BCUT2D eigenvalue weighted by Crippen LogP contribution is 2.48. The first-order valence-corrected chi connectivity index (χ1v) is 5.90. The number of ether oxygens (including phenoxy) is 1. The van der Waals surface area contributed by atoms with Crippen molar-refractivity contribution in [1.82, 2.24) is 0 Å². The normalized spacial score (nSPS) is 21.5. The molecule has 1 aliphatic rings. The molecule has 0 bridgehead atoms. The van der Waals surface area contributed by atoms with Crippen LogP contribution in [0, 0.1) is 11.3 Å². The lowest BCUT2D eigenvalue weighted by Gasteiger charge is -2.26. The Labute approximate surface area is 86.8 Å². The van der Waals surface area contributed by atoms with Crippen LogP contribution in [0.15, 0.2) is 0 Å². The topological polar surface area (TPSA) is 9.23 Å². The summed E-state index contributed by atoms with van der Waals surface area (Å²) in [5, 5.41) is 0. The maximum absolute atomic E-state index is 6.00. The fraction of sp³-hybridized carbons (Fsp3) is 1.00. The molecule has 78 valence electrons. The zero-order chi connectivity index (χ0) is 9.73. The lowest BCUT2D eigenvalue weighted by atomic mass is 9.84. The van der Waals surface area contributed by atoms with Crippen LogP contribution in [0.4, 0.5) is 0 Å². The second-order valence-corrected chi connectivity index (χ2v) is 4.69. The van der Waals surface area contributed by atoms with Gasteiger partial charge in [-0.1, -0.05) is 13.8 Å². The molecule has 0 aromatic carbocycles. The lowest BCUT2D eigenvalue weighted by Crippen LogP contribution is -2.23. The van der Waals surface area contributed by atoms with Gasteiger partial charge in [-0.3, -0.25) is 0 Å². The molecule has 0 aliphatic heterocycles. The molecule has 0 heterocycles. The van der Waals surface area contributed by atoms with Crippen LogP contribution in [0.25, 0.3) is 0 Å². The molecule has 1 saturated carbocycles. The summed E-state index contributed by atoms with van der Waals surface area (Å²) in [5.41, 5.74) is 0.343.